The zero-order valence-electron chi connectivity index (χ0n) is 9.53. The van der Waals surface area contributed by atoms with E-state index < -0.39 is 0 Å². The van der Waals surface area contributed by atoms with Gasteiger partial charge < -0.3 is 5.73 Å². The molecule has 15 heavy (non-hydrogen) atoms. The molecule has 0 aromatic carbocycles. The summed E-state index contributed by atoms with van der Waals surface area (Å²) in [6, 6.07) is 0.00255. The maximum absolute atomic E-state index is 5.70. The first kappa shape index (κ1) is 12.1. The van der Waals surface area contributed by atoms with Gasteiger partial charge in [-0.15, -0.1) is 0 Å². The fourth-order valence-corrected chi connectivity index (χ4v) is 1.81. The van der Waals surface area contributed by atoms with E-state index >= 15 is 0 Å². The Morgan fingerprint density at radius 2 is 2.07 bits per heavy atom. The summed E-state index contributed by atoms with van der Waals surface area (Å²) in [5.74, 6) is 1.83. The standard InChI is InChI=1S/C10H18N4S/c1-4-7(10(11)15)14-9(6-3)12-8(5-2)13-14/h7H,4-6H2,1-3H3,(H2,11,15). The van der Waals surface area contributed by atoms with Crippen molar-refractivity contribution >= 4 is 17.2 Å². The third kappa shape index (κ3) is 2.53. The van der Waals surface area contributed by atoms with Crippen molar-refractivity contribution in [3.05, 3.63) is 11.6 Å². The highest BCUT2D eigenvalue weighted by molar-refractivity contribution is 7.80. The molecule has 1 aromatic rings. The zero-order chi connectivity index (χ0) is 11.4. The highest BCUT2D eigenvalue weighted by atomic mass is 32.1. The Bertz CT molecular complexity index is 345. The van der Waals surface area contributed by atoms with E-state index in [9.17, 15) is 0 Å². The smallest absolute Gasteiger partial charge is 0.150 e. The summed E-state index contributed by atoms with van der Waals surface area (Å²) >= 11 is 5.04. The van der Waals surface area contributed by atoms with Gasteiger partial charge in [0.15, 0.2) is 5.82 Å². The first-order valence-corrected chi connectivity index (χ1v) is 5.78. The average Bonchev–Trinajstić information content (AvgIpc) is 2.61. The molecule has 0 saturated carbocycles. The van der Waals surface area contributed by atoms with Crippen LogP contribution in [0.3, 0.4) is 0 Å². The maximum Gasteiger partial charge on any atom is 0.150 e. The minimum atomic E-state index is 0.00255. The summed E-state index contributed by atoms with van der Waals surface area (Å²) in [6.07, 6.45) is 2.55. The molecule has 0 saturated heterocycles. The Morgan fingerprint density at radius 1 is 1.40 bits per heavy atom. The molecular formula is C10H18N4S. The van der Waals surface area contributed by atoms with Crippen molar-refractivity contribution in [3.63, 3.8) is 0 Å². The number of aryl methyl sites for hydroxylation is 2. The molecule has 1 atom stereocenters. The van der Waals surface area contributed by atoms with Gasteiger partial charge in [0.05, 0.1) is 4.99 Å². The van der Waals surface area contributed by atoms with Crippen molar-refractivity contribution in [2.45, 2.75) is 46.1 Å². The van der Waals surface area contributed by atoms with Crippen LogP contribution in [0.2, 0.25) is 0 Å². The van der Waals surface area contributed by atoms with E-state index in [0.29, 0.717) is 4.99 Å². The van der Waals surface area contributed by atoms with E-state index in [4.69, 9.17) is 18.0 Å². The predicted octanol–water partition coefficient (Wildman–Crippen LogP) is 1.64. The monoisotopic (exact) mass is 226 g/mol. The van der Waals surface area contributed by atoms with Crippen molar-refractivity contribution in [2.75, 3.05) is 0 Å². The van der Waals surface area contributed by atoms with Crippen LogP contribution in [0.5, 0.6) is 0 Å². The Kier molecular flexibility index (Phi) is 4.20. The topological polar surface area (TPSA) is 56.7 Å². The molecule has 0 bridgehead atoms. The molecule has 1 unspecified atom stereocenters. The number of thiocarbonyl (C=S) groups is 1. The van der Waals surface area contributed by atoms with Crippen LogP contribution in [0.4, 0.5) is 0 Å². The SMILES string of the molecule is CCc1nc(CC)n(C(CC)C(N)=S)n1. The van der Waals surface area contributed by atoms with Gasteiger partial charge in [-0.2, -0.15) is 5.10 Å². The van der Waals surface area contributed by atoms with Gasteiger partial charge in [-0.1, -0.05) is 33.0 Å². The lowest BCUT2D eigenvalue weighted by molar-refractivity contribution is 0.525. The van der Waals surface area contributed by atoms with Crippen LogP contribution in [-0.2, 0) is 12.8 Å². The van der Waals surface area contributed by atoms with Gasteiger partial charge >= 0.3 is 0 Å². The fraction of sp³-hybridized carbons (Fsp3) is 0.700. The second kappa shape index (κ2) is 5.21. The Hall–Kier alpha value is -0.970. The Balaban J connectivity index is 3.09. The van der Waals surface area contributed by atoms with Gasteiger partial charge in [0.1, 0.15) is 11.9 Å². The average molecular weight is 226 g/mol. The van der Waals surface area contributed by atoms with E-state index in [0.717, 1.165) is 30.9 Å². The second-order valence-corrected chi connectivity index (χ2v) is 3.89. The van der Waals surface area contributed by atoms with E-state index in [-0.39, 0.29) is 6.04 Å². The Labute approximate surface area is 95.9 Å². The highest BCUT2D eigenvalue weighted by Gasteiger charge is 2.17. The van der Waals surface area contributed by atoms with E-state index in [1.54, 1.807) is 0 Å². The zero-order valence-corrected chi connectivity index (χ0v) is 10.3. The van der Waals surface area contributed by atoms with Gasteiger partial charge in [-0.25, -0.2) is 9.67 Å². The van der Waals surface area contributed by atoms with Crippen molar-refractivity contribution in [2.24, 2.45) is 5.73 Å². The molecule has 0 aliphatic heterocycles. The minimum absolute atomic E-state index is 0.00255. The Morgan fingerprint density at radius 3 is 2.47 bits per heavy atom. The predicted molar refractivity (Wildman–Crippen MR) is 64.9 cm³/mol. The van der Waals surface area contributed by atoms with Crippen LogP contribution in [0.15, 0.2) is 0 Å². The molecule has 4 nitrogen and oxygen atoms in total. The molecule has 0 fully saturated rings. The molecule has 84 valence electrons. The molecule has 0 amide bonds. The summed E-state index contributed by atoms with van der Waals surface area (Å²) in [7, 11) is 0. The minimum Gasteiger partial charge on any atom is -0.392 e. The van der Waals surface area contributed by atoms with Crippen molar-refractivity contribution in [1.82, 2.24) is 14.8 Å². The molecule has 2 N–H and O–H groups in total. The van der Waals surface area contributed by atoms with Gasteiger partial charge in [0.25, 0.3) is 0 Å². The van der Waals surface area contributed by atoms with Gasteiger partial charge in [-0.05, 0) is 6.42 Å². The van der Waals surface area contributed by atoms with Crippen molar-refractivity contribution in [3.8, 4) is 0 Å². The number of nitrogens with two attached hydrogens (primary N) is 1. The summed E-state index contributed by atoms with van der Waals surface area (Å²) in [6.45, 7) is 6.16. The quantitative estimate of drug-likeness (QED) is 0.775. The summed E-state index contributed by atoms with van der Waals surface area (Å²) in [5.41, 5.74) is 5.70. The lowest BCUT2D eigenvalue weighted by Gasteiger charge is -2.15. The van der Waals surface area contributed by atoms with Crippen LogP contribution in [0.1, 0.15) is 44.9 Å². The first-order chi connectivity index (χ1) is 7.13. The van der Waals surface area contributed by atoms with E-state index in [2.05, 4.69) is 23.9 Å². The fourth-order valence-electron chi connectivity index (χ4n) is 1.54. The van der Waals surface area contributed by atoms with Gasteiger partial charge in [-0.3, -0.25) is 0 Å². The van der Waals surface area contributed by atoms with Crippen LogP contribution in [0, 0.1) is 0 Å². The van der Waals surface area contributed by atoms with Crippen LogP contribution >= 0.6 is 12.2 Å². The third-order valence-corrected chi connectivity index (χ3v) is 2.66. The normalized spacial score (nSPS) is 12.7. The number of hydrogen-bond acceptors (Lipinski definition) is 3. The largest absolute Gasteiger partial charge is 0.392 e. The molecule has 0 aliphatic rings. The number of aromatic nitrogens is 3. The summed E-state index contributed by atoms with van der Waals surface area (Å²) in [5, 5.41) is 4.43. The van der Waals surface area contributed by atoms with Crippen molar-refractivity contribution < 1.29 is 0 Å². The molecule has 1 rings (SSSR count). The number of hydrogen-bond donors (Lipinski definition) is 1. The van der Waals surface area contributed by atoms with E-state index in [1.165, 1.54) is 0 Å². The molecule has 0 aliphatic carbocycles. The molecule has 1 aromatic heterocycles. The number of nitrogens with zero attached hydrogens (tertiary/aromatic N) is 3. The van der Waals surface area contributed by atoms with E-state index in [1.807, 2.05) is 11.6 Å². The molecule has 0 radical (unpaired) electrons. The third-order valence-electron chi connectivity index (χ3n) is 2.39. The van der Waals surface area contributed by atoms with Crippen molar-refractivity contribution in [1.29, 1.82) is 0 Å². The van der Waals surface area contributed by atoms with Crippen LogP contribution in [0.25, 0.3) is 0 Å². The highest BCUT2D eigenvalue weighted by Crippen LogP contribution is 2.14. The summed E-state index contributed by atoms with van der Waals surface area (Å²) < 4.78 is 1.88. The maximum atomic E-state index is 5.70. The lowest BCUT2D eigenvalue weighted by Crippen LogP contribution is -2.26. The van der Waals surface area contributed by atoms with Crippen LogP contribution in [-0.4, -0.2) is 19.8 Å². The molecule has 1 heterocycles. The lowest BCUT2D eigenvalue weighted by atomic mass is 10.2. The van der Waals surface area contributed by atoms with Gasteiger partial charge in [0, 0.05) is 12.8 Å². The van der Waals surface area contributed by atoms with Gasteiger partial charge in [0.2, 0.25) is 0 Å². The molecule has 0 spiro atoms. The number of rotatable bonds is 5. The molecular weight excluding hydrogens is 208 g/mol. The second-order valence-electron chi connectivity index (χ2n) is 3.42. The first-order valence-electron chi connectivity index (χ1n) is 5.37. The van der Waals surface area contributed by atoms with Crippen LogP contribution < -0.4 is 5.73 Å². The summed E-state index contributed by atoms with van der Waals surface area (Å²) in [4.78, 5) is 4.92. The molecule has 5 heteroatoms.